The molecule has 0 saturated carbocycles. The van der Waals surface area contributed by atoms with E-state index in [0.717, 1.165) is 23.4 Å². The highest BCUT2D eigenvalue weighted by molar-refractivity contribution is 6.04. The minimum absolute atomic E-state index is 0.113. The number of hydrogen-bond donors (Lipinski definition) is 1. The fourth-order valence-electron chi connectivity index (χ4n) is 4.07. The Kier molecular flexibility index (Phi) is 7.29. The lowest BCUT2D eigenvalue weighted by atomic mass is 10.1. The number of carbonyl (C=O) groups is 2. The summed E-state index contributed by atoms with van der Waals surface area (Å²) in [6, 6.07) is 15.5. The Morgan fingerprint density at radius 1 is 1.14 bits per heavy atom. The second-order valence-corrected chi connectivity index (χ2v) is 8.24. The van der Waals surface area contributed by atoms with E-state index in [4.69, 9.17) is 9.47 Å². The Bertz CT molecular complexity index is 1250. The Hall–Kier alpha value is -3.94. The van der Waals surface area contributed by atoms with E-state index in [1.165, 1.54) is 0 Å². The SMILES string of the molecule is CCC1Oc2ccc(NC(=O)c3ccc(F)cc3F)cc2CN(CCc2ccccc2OC)C1=O. The van der Waals surface area contributed by atoms with Gasteiger partial charge in [0.05, 0.1) is 12.7 Å². The van der Waals surface area contributed by atoms with E-state index in [-0.39, 0.29) is 18.0 Å². The topological polar surface area (TPSA) is 67.9 Å². The maximum atomic E-state index is 14.0. The van der Waals surface area contributed by atoms with Crippen LogP contribution in [0.1, 0.15) is 34.8 Å². The molecule has 0 aromatic heterocycles. The monoisotopic (exact) mass is 480 g/mol. The molecule has 0 bridgehead atoms. The van der Waals surface area contributed by atoms with Gasteiger partial charge in [0, 0.05) is 30.4 Å². The van der Waals surface area contributed by atoms with Crippen molar-refractivity contribution in [3.63, 3.8) is 0 Å². The van der Waals surface area contributed by atoms with Crippen molar-refractivity contribution in [2.45, 2.75) is 32.4 Å². The van der Waals surface area contributed by atoms with Crippen LogP contribution in [-0.2, 0) is 17.8 Å². The molecule has 3 aromatic carbocycles. The third-order valence-corrected chi connectivity index (χ3v) is 5.93. The number of methoxy groups -OCH3 is 1. The maximum absolute atomic E-state index is 14.0. The third kappa shape index (κ3) is 5.42. The molecule has 1 unspecified atom stereocenters. The Morgan fingerprint density at radius 2 is 1.94 bits per heavy atom. The number of fused-ring (bicyclic) bond motifs is 1. The zero-order chi connectivity index (χ0) is 24.9. The van der Waals surface area contributed by atoms with Gasteiger partial charge < -0.3 is 19.7 Å². The molecule has 1 aliphatic heterocycles. The Labute approximate surface area is 202 Å². The van der Waals surface area contributed by atoms with Crippen molar-refractivity contribution in [3.8, 4) is 11.5 Å². The highest BCUT2D eigenvalue weighted by atomic mass is 19.1. The van der Waals surface area contributed by atoms with Crippen molar-refractivity contribution in [1.82, 2.24) is 4.90 Å². The van der Waals surface area contributed by atoms with Gasteiger partial charge in [-0.05, 0) is 54.8 Å². The quantitative estimate of drug-likeness (QED) is 0.519. The molecule has 3 aromatic rings. The average molecular weight is 481 g/mol. The molecule has 0 spiro atoms. The number of hydrogen-bond acceptors (Lipinski definition) is 4. The van der Waals surface area contributed by atoms with Crippen LogP contribution in [0.4, 0.5) is 14.5 Å². The minimum Gasteiger partial charge on any atom is -0.496 e. The van der Waals surface area contributed by atoms with Crippen LogP contribution in [0.2, 0.25) is 0 Å². The Morgan fingerprint density at radius 3 is 2.69 bits per heavy atom. The molecule has 2 amide bonds. The van der Waals surface area contributed by atoms with Crippen molar-refractivity contribution in [2.24, 2.45) is 0 Å². The normalized spacial score (nSPS) is 15.1. The lowest BCUT2D eigenvalue weighted by molar-refractivity contribution is -0.138. The van der Waals surface area contributed by atoms with E-state index in [9.17, 15) is 18.4 Å². The average Bonchev–Trinajstić information content (AvgIpc) is 2.98. The maximum Gasteiger partial charge on any atom is 0.263 e. The van der Waals surface area contributed by atoms with E-state index in [1.807, 2.05) is 31.2 Å². The van der Waals surface area contributed by atoms with Crippen molar-refractivity contribution < 1.29 is 27.8 Å². The molecule has 35 heavy (non-hydrogen) atoms. The smallest absolute Gasteiger partial charge is 0.263 e. The summed E-state index contributed by atoms with van der Waals surface area (Å²) in [7, 11) is 1.61. The van der Waals surface area contributed by atoms with Crippen molar-refractivity contribution in [3.05, 3.63) is 89.0 Å². The summed E-state index contributed by atoms with van der Waals surface area (Å²) < 4.78 is 38.6. The van der Waals surface area contributed by atoms with Crippen molar-refractivity contribution in [2.75, 3.05) is 19.0 Å². The lowest BCUT2D eigenvalue weighted by Gasteiger charge is -2.23. The molecule has 8 heteroatoms. The standard InChI is InChI=1S/C27H26F2N2O4/c1-3-23-27(33)31(13-12-17-6-4-5-7-24(17)34-2)16-18-14-20(9-11-25(18)35-23)30-26(32)21-10-8-19(28)15-22(21)29/h4-11,14-15,23H,3,12-13,16H2,1-2H3,(H,30,32). The summed E-state index contributed by atoms with van der Waals surface area (Å²) in [5.41, 5.74) is 1.85. The number of benzene rings is 3. The van der Waals surface area contributed by atoms with Gasteiger partial charge in [0.15, 0.2) is 6.10 Å². The number of para-hydroxylation sites is 1. The van der Waals surface area contributed by atoms with E-state index >= 15 is 0 Å². The summed E-state index contributed by atoms with van der Waals surface area (Å²) in [6.07, 6.45) is 0.482. The molecule has 1 heterocycles. The first kappa shape index (κ1) is 24.2. The van der Waals surface area contributed by atoms with Crippen LogP contribution in [0, 0.1) is 11.6 Å². The van der Waals surface area contributed by atoms with Gasteiger partial charge in [-0.3, -0.25) is 9.59 Å². The molecular formula is C27H26F2N2O4. The van der Waals surface area contributed by atoms with Gasteiger partial charge in [-0.15, -0.1) is 0 Å². The number of nitrogens with zero attached hydrogens (tertiary/aromatic N) is 1. The van der Waals surface area contributed by atoms with Gasteiger partial charge in [0.1, 0.15) is 23.1 Å². The zero-order valence-electron chi connectivity index (χ0n) is 19.5. The fourth-order valence-corrected chi connectivity index (χ4v) is 4.07. The number of halogens is 2. The molecule has 182 valence electrons. The second-order valence-electron chi connectivity index (χ2n) is 8.24. The second kappa shape index (κ2) is 10.5. The van der Waals surface area contributed by atoms with Crippen LogP contribution < -0.4 is 14.8 Å². The van der Waals surface area contributed by atoms with Gasteiger partial charge >= 0.3 is 0 Å². The zero-order valence-corrected chi connectivity index (χ0v) is 19.5. The molecular weight excluding hydrogens is 454 g/mol. The predicted molar refractivity (Wildman–Crippen MR) is 128 cm³/mol. The Balaban J connectivity index is 1.55. The summed E-state index contributed by atoms with van der Waals surface area (Å²) >= 11 is 0. The van der Waals surface area contributed by atoms with E-state index in [1.54, 1.807) is 30.2 Å². The van der Waals surface area contributed by atoms with Crippen molar-refractivity contribution in [1.29, 1.82) is 0 Å². The molecule has 6 nitrogen and oxygen atoms in total. The first-order valence-electron chi connectivity index (χ1n) is 11.4. The van der Waals surface area contributed by atoms with Crippen LogP contribution >= 0.6 is 0 Å². The number of nitrogens with one attached hydrogen (secondary N) is 1. The molecule has 4 rings (SSSR count). The molecule has 0 fully saturated rings. The van der Waals surface area contributed by atoms with Gasteiger partial charge in [0.25, 0.3) is 11.8 Å². The lowest BCUT2D eigenvalue weighted by Crippen LogP contribution is -2.40. The number of rotatable bonds is 7. The van der Waals surface area contributed by atoms with Crippen LogP contribution in [0.5, 0.6) is 11.5 Å². The molecule has 1 N–H and O–H groups in total. The summed E-state index contributed by atoms with van der Waals surface area (Å²) in [5.74, 6) is -1.21. The predicted octanol–water partition coefficient (Wildman–Crippen LogP) is 4.97. The van der Waals surface area contributed by atoms with Crippen LogP contribution in [-0.4, -0.2) is 36.5 Å². The van der Waals surface area contributed by atoms with Crippen LogP contribution in [0.3, 0.4) is 0 Å². The highest BCUT2D eigenvalue weighted by Gasteiger charge is 2.30. The van der Waals surface area contributed by atoms with Gasteiger partial charge in [-0.2, -0.15) is 0 Å². The number of carbonyl (C=O) groups excluding carboxylic acids is 2. The summed E-state index contributed by atoms with van der Waals surface area (Å²) in [6.45, 7) is 2.63. The first-order valence-corrected chi connectivity index (χ1v) is 11.4. The van der Waals surface area contributed by atoms with Gasteiger partial charge in [0.2, 0.25) is 0 Å². The molecule has 0 aliphatic carbocycles. The van der Waals surface area contributed by atoms with Crippen LogP contribution in [0.15, 0.2) is 60.7 Å². The minimum atomic E-state index is -0.945. The molecule has 1 atom stereocenters. The largest absolute Gasteiger partial charge is 0.496 e. The summed E-state index contributed by atoms with van der Waals surface area (Å²) in [4.78, 5) is 27.4. The number of ether oxygens (including phenoxy) is 2. The van der Waals surface area contributed by atoms with E-state index in [2.05, 4.69) is 5.32 Å². The van der Waals surface area contributed by atoms with E-state index in [0.29, 0.717) is 42.5 Å². The molecule has 0 saturated heterocycles. The summed E-state index contributed by atoms with van der Waals surface area (Å²) in [5, 5.41) is 2.64. The first-order chi connectivity index (χ1) is 16.9. The van der Waals surface area contributed by atoms with Crippen LogP contribution in [0.25, 0.3) is 0 Å². The van der Waals surface area contributed by atoms with Crippen molar-refractivity contribution >= 4 is 17.5 Å². The number of amides is 2. The highest BCUT2D eigenvalue weighted by Crippen LogP contribution is 2.30. The van der Waals surface area contributed by atoms with Gasteiger partial charge in [-0.1, -0.05) is 25.1 Å². The number of anilines is 1. The van der Waals surface area contributed by atoms with E-state index < -0.39 is 23.6 Å². The van der Waals surface area contributed by atoms with Gasteiger partial charge in [-0.25, -0.2) is 8.78 Å². The molecule has 0 radical (unpaired) electrons. The third-order valence-electron chi connectivity index (χ3n) is 5.93. The fraction of sp³-hybridized carbons (Fsp3) is 0.259. The molecule has 1 aliphatic rings.